The number of hydrogen-bond acceptors (Lipinski definition) is 6. The van der Waals surface area contributed by atoms with Crippen LogP contribution in [0.25, 0.3) is 0 Å². The fourth-order valence-corrected chi connectivity index (χ4v) is 3.99. The van der Waals surface area contributed by atoms with Crippen LogP contribution in [0.2, 0.25) is 0 Å². The number of piperidine rings is 1. The van der Waals surface area contributed by atoms with Gasteiger partial charge in [-0.05, 0) is 37.0 Å². The summed E-state index contributed by atoms with van der Waals surface area (Å²) in [5.41, 5.74) is 0.928. The molecule has 154 valence electrons. The van der Waals surface area contributed by atoms with Gasteiger partial charge in [-0.15, -0.1) is 10.2 Å². The van der Waals surface area contributed by atoms with E-state index in [1.165, 1.54) is 0 Å². The van der Waals surface area contributed by atoms with Crippen molar-refractivity contribution in [1.82, 2.24) is 30.0 Å². The number of aliphatic hydroxyl groups is 1. The highest BCUT2D eigenvalue weighted by Gasteiger charge is 2.36. The van der Waals surface area contributed by atoms with Gasteiger partial charge in [0.2, 0.25) is 11.7 Å². The Morgan fingerprint density at radius 2 is 1.97 bits per heavy atom. The van der Waals surface area contributed by atoms with Crippen LogP contribution in [-0.2, 0) is 24.3 Å². The molecule has 0 bridgehead atoms. The summed E-state index contributed by atoms with van der Waals surface area (Å²) in [6.45, 7) is 1.67. The Balaban J connectivity index is 1.42. The van der Waals surface area contributed by atoms with Crippen LogP contribution in [0.15, 0.2) is 24.5 Å². The van der Waals surface area contributed by atoms with Crippen molar-refractivity contribution in [3.63, 3.8) is 0 Å². The third-order valence-electron chi connectivity index (χ3n) is 5.72. The number of amides is 2. The number of carbonyl (C=O) groups excluding carboxylic acids is 2. The van der Waals surface area contributed by atoms with Crippen LogP contribution in [0.5, 0.6) is 0 Å². The molecule has 1 saturated heterocycles. The maximum atomic E-state index is 13.1. The molecule has 0 radical (unpaired) electrons. The summed E-state index contributed by atoms with van der Waals surface area (Å²) in [6.07, 6.45) is 6.93. The monoisotopic (exact) mass is 398 g/mol. The van der Waals surface area contributed by atoms with Crippen molar-refractivity contribution in [1.29, 1.82) is 0 Å². The molecular weight excluding hydrogens is 372 g/mol. The first-order chi connectivity index (χ1) is 14.1. The highest BCUT2D eigenvalue weighted by molar-refractivity contribution is 5.91. The van der Waals surface area contributed by atoms with E-state index >= 15 is 0 Å². The lowest BCUT2D eigenvalue weighted by molar-refractivity contribution is -0.131. The van der Waals surface area contributed by atoms with Gasteiger partial charge < -0.3 is 19.9 Å². The lowest BCUT2D eigenvalue weighted by Crippen LogP contribution is -2.51. The zero-order valence-electron chi connectivity index (χ0n) is 16.3. The molecule has 4 heterocycles. The Labute approximate surface area is 169 Å². The van der Waals surface area contributed by atoms with Crippen molar-refractivity contribution >= 4 is 11.8 Å². The Hall–Kier alpha value is -2.81. The van der Waals surface area contributed by atoms with E-state index in [4.69, 9.17) is 0 Å². The van der Waals surface area contributed by atoms with Crippen molar-refractivity contribution in [2.24, 2.45) is 5.92 Å². The van der Waals surface area contributed by atoms with E-state index in [9.17, 15) is 14.7 Å². The van der Waals surface area contributed by atoms with Crippen LogP contribution in [-0.4, -0.2) is 60.8 Å². The number of pyridine rings is 1. The van der Waals surface area contributed by atoms with E-state index in [-0.39, 0.29) is 18.4 Å². The second kappa shape index (κ2) is 8.69. The molecular formula is C20H26N6O3. The number of hydrogen-bond donors (Lipinski definition) is 2. The zero-order chi connectivity index (χ0) is 20.2. The van der Waals surface area contributed by atoms with Gasteiger partial charge in [-0.2, -0.15) is 0 Å². The SMILES string of the molecule is O=C(NCc1ccncc1)[C@H]1CN(C(=O)c2nnc3n2CCCCC3)CC[C@H]1O. The normalized spacial score (nSPS) is 21.9. The van der Waals surface area contributed by atoms with E-state index in [2.05, 4.69) is 20.5 Å². The molecule has 2 N–H and O–H groups in total. The number of likely N-dealkylation sites (tertiary alicyclic amines) is 1. The van der Waals surface area contributed by atoms with E-state index in [0.717, 1.165) is 43.6 Å². The van der Waals surface area contributed by atoms with E-state index in [0.29, 0.717) is 25.3 Å². The van der Waals surface area contributed by atoms with E-state index in [1.807, 2.05) is 16.7 Å². The highest BCUT2D eigenvalue weighted by Crippen LogP contribution is 2.21. The first-order valence-electron chi connectivity index (χ1n) is 10.2. The molecule has 0 aromatic carbocycles. The molecule has 2 aromatic rings. The molecule has 9 heteroatoms. The number of carbonyl (C=O) groups is 2. The minimum atomic E-state index is -0.771. The van der Waals surface area contributed by atoms with Gasteiger partial charge >= 0.3 is 0 Å². The lowest BCUT2D eigenvalue weighted by Gasteiger charge is -2.35. The predicted molar refractivity (Wildman–Crippen MR) is 104 cm³/mol. The summed E-state index contributed by atoms with van der Waals surface area (Å²) in [5, 5.41) is 21.5. The molecule has 2 aromatic heterocycles. The average molecular weight is 398 g/mol. The van der Waals surface area contributed by atoms with Gasteiger partial charge in [0.05, 0.1) is 12.0 Å². The second-order valence-electron chi connectivity index (χ2n) is 7.69. The molecule has 2 atom stereocenters. The Bertz CT molecular complexity index is 868. The molecule has 0 saturated carbocycles. The van der Waals surface area contributed by atoms with Gasteiger partial charge in [-0.1, -0.05) is 6.42 Å². The number of aryl methyl sites for hydroxylation is 1. The smallest absolute Gasteiger partial charge is 0.291 e. The molecule has 2 amide bonds. The van der Waals surface area contributed by atoms with Crippen molar-refractivity contribution in [2.45, 2.75) is 51.3 Å². The zero-order valence-corrected chi connectivity index (χ0v) is 16.3. The number of nitrogens with zero attached hydrogens (tertiary/aromatic N) is 5. The maximum absolute atomic E-state index is 13.1. The number of rotatable bonds is 4. The predicted octanol–water partition coefficient (Wildman–Crippen LogP) is 0.539. The molecule has 0 aliphatic carbocycles. The van der Waals surface area contributed by atoms with Crippen LogP contribution in [0.3, 0.4) is 0 Å². The van der Waals surface area contributed by atoms with Crippen LogP contribution < -0.4 is 5.32 Å². The minimum Gasteiger partial charge on any atom is -0.392 e. The van der Waals surface area contributed by atoms with Crippen LogP contribution >= 0.6 is 0 Å². The van der Waals surface area contributed by atoms with Gasteiger partial charge in [0.25, 0.3) is 5.91 Å². The topological polar surface area (TPSA) is 113 Å². The largest absolute Gasteiger partial charge is 0.392 e. The highest BCUT2D eigenvalue weighted by atomic mass is 16.3. The average Bonchev–Trinajstić information content (AvgIpc) is 3.00. The van der Waals surface area contributed by atoms with Crippen molar-refractivity contribution in [2.75, 3.05) is 13.1 Å². The van der Waals surface area contributed by atoms with Crippen molar-refractivity contribution in [3.8, 4) is 0 Å². The molecule has 1 fully saturated rings. The number of aliphatic hydroxyl groups excluding tert-OH is 1. The molecule has 29 heavy (non-hydrogen) atoms. The van der Waals surface area contributed by atoms with Crippen molar-refractivity contribution in [3.05, 3.63) is 41.7 Å². The van der Waals surface area contributed by atoms with Crippen LogP contribution in [0.4, 0.5) is 0 Å². The molecule has 2 aliphatic rings. The molecule has 0 unspecified atom stereocenters. The fraction of sp³-hybridized carbons (Fsp3) is 0.550. The van der Waals surface area contributed by atoms with Crippen LogP contribution in [0, 0.1) is 5.92 Å². The van der Waals surface area contributed by atoms with Crippen molar-refractivity contribution < 1.29 is 14.7 Å². The number of aromatic nitrogens is 4. The second-order valence-corrected chi connectivity index (χ2v) is 7.69. The van der Waals surface area contributed by atoms with E-state index in [1.54, 1.807) is 17.3 Å². The molecule has 2 aliphatic heterocycles. The Kier molecular flexibility index (Phi) is 5.84. The summed E-state index contributed by atoms with van der Waals surface area (Å²) < 4.78 is 1.92. The van der Waals surface area contributed by atoms with E-state index < -0.39 is 12.0 Å². The fourth-order valence-electron chi connectivity index (χ4n) is 3.99. The molecule has 0 spiro atoms. The van der Waals surface area contributed by atoms with Gasteiger partial charge in [0.15, 0.2) is 0 Å². The minimum absolute atomic E-state index is 0.171. The summed E-state index contributed by atoms with van der Waals surface area (Å²) in [4.78, 5) is 31.3. The number of nitrogens with one attached hydrogen (secondary N) is 1. The standard InChI is InChI=1S/C20H26N6O3/c27-16-7-11-25(13-15(16)19(28)22-12-14-5-8-21-9-6-14)20(29)18-24-23-17-4-2-1-3-10-26(17)18/h5-6,8-9,15-16,27H,1-4,7,10-13H2,(H,22,28)/t15-,16+/m0/s1. The lowest BCUT2D eigenvalue weighted by atomic mass is 9.93. The van der Waals surface area contributed by atoms with Gasteiger partial charge in [-0.25, -0.2) is 0 Å². The first-order valence-corrected chi connectivity index (χ1v) is 10.2. The number of fused-ring (bicyclic) bond motifs is 1. The quantitative estimate of drug-likeness (QED) is 0.777. The van der Waals surface area contributed by atoms with Gasteiger partial charge in [0.1, 0.15) is 5.82 Å². The van der Waals surface area contributed by atoms with Gasteiger partial charge in [-0.3, -0.25) is 14.6 Å². The first kappa shape index (κ1) is 19.5. The summed E-state index contributed by atoms with van der Waals surface area (Å²) in [6, 6.07) is 3.65. The summed E-state index contributed by atoms with van der Waals surface area (Å²) >= 11 is 0. The maximum Gasteiger partial charge on any atom is 0.291 e. The molecule has 4 rings (SSSR count). The Morgan fingerprint density at radius 3 is 2.79 bits per heavy atom. The summed E-state index contributed by atoms with van der Waals surface area (Å²) in [7, 11) is 0. The third kappa shape index (κ3) is 4.29. The Morgan fingerprint density at radius 1 is 1.14 bits per heavy atom. The molecule has 9 nitrogen and oxygen atoms in total. The van der Waals surface area contributed by atoms with Crippen LogP contribution in [0.1, 0.15) is 47.7 Å². The third-order valence-corrected chi connectivity index (χ3v) is 5.72. The summed E-state index contributed by atoms with van der Waals surface area (Å²) in [5.74, 6) is 0.0567. The van der Waals surface area contributed by atoms with Gasteiger partial charge in [0, 0.05) is 45.0 Å².